The summed E-state index contributed by atoms with van der Waals surface area (Å²) in [6.07, 6.45) is 0. The number of carbonyl (C=O) groups excluding carboxylic acids is 1. The van der Waals surface area contributed by atoms with Gasteiger partial charge in [0, 0.05) is 16.6 Å². The van der Waals surface area contributed by atoms with Crippen molar-refractivity contribution in [1.29, 1.82) is 0 Å². The zero-order valence-electron chi connectivity index (χ0n) is 11.5. The van der Waals surface area contributed by atoms with Crippen molar-refractivity contribution in [3.8, 4) is 5.75 Å². The van der Waals surface area contributed by atoms with Crippen LogP contribution < -0.4 is 10.5 Å². The molecule has 4 heteroatoms. The first-order valence-electron chi connectivity index (χ1n) is 6.52. The predicted molar refractivity (Wildman–Crippen MR) is 82.6 cm³/mol. The van der Waals surface area contributed by atoms with Crippen LogP contribution in [0.15, 0.2) is 54.6 Å². The van der Waals surface area contributed by atoms with Gasteiger partial charge in [-0.25, -0.2) is 4.98 Å². The number of fused-ring (bicyclic) bond motifs is 1. The van der Waals surface area contributed by atoms with Gasteiger partial charge in [0.05, 0.1) is 12.6 Å². The average molecular weight is 278 g/mol. The minimum absolute atomic E-state index is 0.118. The standard InChI is InChI=1S/C17H14N2O2/c1-21-14-7-9-15-12(10-14)4-8-16(19-15)17(20)11-2-5-13(18)6-3-11/h2-10H,18H2,1H3. The molecule has 0 aliphatic rings. The Bertz CT molecular complexity index is 811. The van der Waals surface area contributed by atoms with Gasteiger partial charge in [0.25, 0.3) is 0 Å². The van der Waals surface area contributed by atoms with Crippen molar-refractivity contribution < 1.29 is 9.53 Å². The number of ketones is 1. The van der Waals surface area contributed by atoms with E-state index in [1.807, 2.05) is 24.3 Å². The van der Waals surface area contributed by atoms with Gasteiger partial charge in [0.1, 0.15) is 11.4 Å². The summed E-state index contributed by atoms with van der Waals surface area (Å²) in [5.74, 6) is 0.648. The van der Waals surface area contributed by atoms with Crippen molar-refractivity contribution in [3.05, 3.63) is 65.9 Å². The fourth-order valence-corrected chi connectivity index (χ4v) is 2.14. The minimum atomic E-state index is -0.118. The number of nitrogen functional groups attached to an aromatic ring is 1. The first kappa shape index (κ1) is 13.1. The Morgan fingerprint density at radius 1 is 1.05 bits per heavy atom. The molecular weight excluding hydrogens is 264 g/mol. The summed E-state index contributed by atoms with van der Waals surface area (Å²) in [6.45, 7) is 0. The SMILES string of the molecule is COc1ccc2nc(C(=O)c3ccc(N)cc3)ccc2c1. The molecule has 0 bridgehead atoms. The molecule has 3 rings (SSSR count). The van der Waals surface area contributed by atoms with E-state index in [1.165, 1.54) is 0 Å². The van der Waals surface area contributed by atoms with Crippen LogP contribution >= 0.6 is 0 Å². The molecule has 2 aromatic carbocycles. The largest absolute Gasteiger partial charge is 0.497 e. The molecule has 0 amide bonds. The molecule has 0 radical (unpaired) electrons. The highest BCUT2D eigenvalue weighted by Crippen LogP contribution is 2.20. The third kappa shape index (κ3) is 2.56. The van der Waals surface area contributed by atoms with Gasteiger partial charge < -0.3 is 10.5 Å². The fourth-order valence-electron chi connectivity index (χ4n) is 2.14. The van der Waals surface area contributed by atoms with E-state index in [4.69, 9.17) is 10.5 Å². The minimum Gasteiger partial charge on any atom is -0.497 e. The lowest BCUT2D eigenvalue weighted by Crippen LogP contribution is -2.04. The molecule has 3 aromatic rings. The zero-order valence-corrected chi connectivity index (χ0v) is 11.5. The number of rotatable bonds is 3. The molecule has 0 saturated heterocycles. The second-order valence-electron chi connectivity index (χ2n) is 4.71. The van der Waals surface area contributed by atoms with E-state index in [1.54, 1.807) is 37.4 Å². The number of ether oxygens (including phenoxy) is 1. The molecular formula is C17H14N2O2. The van der Waals surface area contributed by atoms with Crippen molar-refractivity contribution in [2.24, 2.45) is 0 Å². The quantitative estimate of drug-likeness (QED) is 0.590. The molecule has 0 aliphatic heterocycles. The lowest BCUT2D eigenvalue weighted by molar-refractivity contribution is 0.103. The summed E-state index contributed by atoms with van der Waals surface area (Å²) >= 11 is 0. The summed E-state index contributed by atoms with van der Waals surface area (Å²) in [5, 5.41) is 0.934. The summed E-state index contributed by atoms with van der Waals surface area (Å²) < 4.78 is 5.17. The Morgan fingerprint density at radius 3 is 2.52 bits per heavy atom. The van der Waals surface area contributed by atoms with Gasteiger partial charge >= 0.3 is 0 Å². The third-order valence-electron chi connectivity index (χ3n) is 3.30. The van der Waals surface area contributed by atoms with E-state index in [2.05, 4.69) is 4.98 Å². The van der Waals surface area contributed by atoms with Gasteiger partial charge in [-0.05, 0) is 48.5 Å². The second kappa shape index (κ2) is 5.25. The van der Waals surface area contributed by atoms with Crippen molar-refractivity contribution in [1.82, 2.24) is 4.98 Å². The van der Waals surface area contributed by atoms with Crippen LogP contribution in [0.5, 0.6) is 5.75 Å². The van der Waals surface area contributed by atoms with Crippen LogP contribution in [0.4, 0.5) is 5.69 Å². The van der Waals surface area contributed by atoms with Gasteiger partial charge in [-0.15, -0.1) is 0 Å². The monoisotopic (exact) mass is 278 g/mol. The van der Waals surface area contributed by atoms with Crippen LogP contribution in [0.3, 0.4) is 0 Å². The first-order valence-corrected chi connectivity index (χ1v) is 6.52. The number of aromatic nitrogens is 1. The molecule has 2 N–H and O–H groups in total. The highest BCUT2D eigenvalue weighted by Gasteiger charge is 2.11. The fraction of sp³-hybridized carbons (Fsp3) is 0.0588. The lowest BCUT2D eigenvalue weighted by atomic mass is 10.1. The van der Waals surface area contributed by atoms with E-state index < -0.39 is 0 Å². The topological polar surface area (TPSA) is 65.2 Å². The maximum atomic E-state index is 12.4. The Kier molecular flexibility index (Phi) is 3.28. The Labute approximate surface area is 122 Å². The van der Waals surface area contributed by atoms with Crippen LogP contribution in [-0.2, 0) is 0 Å². The maximum Gasteiger partial charge on any atom is 0.211 e. The Balaban J connectivity index is 2.00. The molecule has 4 nitrogen and oxygen atoms in total. The van der Waals surface area contributed by atoms with Gasteiger partial charge in [-0.3, -0.25) is 4.79 Å². The van der Waals surface area contributed by atoms with Crippen LogP contribution in [0.25, 0.3) is 10.9 Å². The summed E-state index contributed by atoms with van der Waals surface area (Å²) in [7, 11) is 1.62. The van der Waals surface area contributed by atoms with E-state index >= 15 is 0 Å². The van der Waals surface area contributed by atoms with Gasteiger partial charge in [0.2, 0.25) is 5.78 Å². The van der Waals surface area contributed by atoms with Crippen molar-refractivity contribution in [2.75, 3.05) is 12.8 Å². The van der Waals surface area contributed by atoms with Crippen LogP contribution in [0, 0.1) is 0 Å². The Hall–Kier alpha value is -2.88. The van der Waals surface area contributed by atoms with E-state index in [9.17, 15) is 4.79 Å². The molecule has 0 unspecified atom stereocenters. The highest BCUT2D eigenvalue weighted by atomic mass is 16.5. The second-order valence-corrected chi connectivity index (χ2v) is 4.71. The lowest BCUT2D eigenvalue weighted by Gasteiger charge is -2.05. The number of benzene rings is 2. The molecule has 21 heavy (non-hydrogen) atoms. The zero-order chi connectivity index (χ0) is 14.8. The maximum absolute atomic E-state index is 12.4. The molecule has 0 atom stereocenters. The van der Waals surface area contributed by atoms with Gasteiger partial charge in [-0.1, -0.05) is 6.07 Å². The first-order chi connectivity index (χ1) is 10.2. The molecule has 1 heterocycles. The number of hydrogen-bond acceptors (Lipinski definition) is 4. The number of anilines is 1. The molecule has 0 aliphatic carbocycles. The summed E-state index contributed by atoms with van der Waals surface area (Å²) in [4.78, 5) is 16.8. The smallest absolute Gasteiger partial charge is 0.211 e. The number of pyridine rings is 1. The molecule has 1 aromatic heterocycles. The number of nitrogens with zero attached hydrogens (tertiary/aromatic N) is 1. The normalized spacial score (nSPS) is 10.5. The van der Waals surface area contributed by atoms with E-state index in [-0.39, 0.29) is 5.78 Å². The van der Waals surface area contributed by atoms with Gasteiger partial charge in [0.15, 0.2) is 0 Å². The van der Waals surface area contributed by atoms with E-state index in [0.717, 1.165) is 16.7 Å². The number of carbonyl (C=O) groups is 1. The summed E-state index contributed by atoms with van der Waals surface area (Å²) in [6, 6.07) is 16.0. The highest BCUT2D eigenvalue weighted by molar-refractivity contribution is 6.08. The number of nitrogens with two attached hydrogens (primary N) is 1. The van der Waals surface area contributed by atoms with Gasteiger partial charge in [-0.2, -0.15) is 0 Å². The number of hydrogen-bond donors (Lipinski definition) is 1. The van der Waals surface area contributed by atoms with Crippen LogP contribution in [0.1, 0.15) is 16.1 Å². The number of methoxy groups -OCH3 is 1. The van der Waals surface area contributed by atoms with Crippen molar-refractivity contribution in [2.45, 2.75) is 0 Å². The van der Waals surface area contributed by atoms with Crippen LogP contribution in [0.2, 0.25) is 0 Å². The summed E-state index contributed by atoms with van der Waals surface area (Å²) in [5.41, 5.74) is 8.01. The van der Waals surface area contributed by atoms with Crippen molar-refractivity contribution in [3.63, 3.8) is 0 Å². The van der Waals surface area contributed by atoms with Crippen molar-refractivity contribution >= 4 is 22.4 Å². The van der Waals surface area contributed by atoms with E-state index in [0.29, 0.717) is 16.9 Å². The Morgan fingerprint density at radius 2 is 1.81 bits per heavy atom. The third-order valence-corrected chi connectivity index (χ3v) is 3.30. The molecule has 0 saturated carbocycles. The molecule has 0 fully saturated rings. The average Bonchev–Trinajstić information content (AvgIpc) is 2.54. The molecule has 104 valence electrons. The predicted octanol–water partition coefficient (Wildman–Crippen LogP) is 3.06. The van der Waals surface area contributed by atoms with Crippen LogP contribution in [-0.4, -0.2) is 17.9 Å². The molecule has 0 spiro atoms.